The molecule has 2 rings (SSSR count). The number of methoxy groups -OCH3 is 1. The normalized spacial score (nSPS) is 11.1. The minimum atomic E-state index is 0.643. The molecule has 4 heteroatoms. The van der Waals surface area contributed by atoms with Crippen LogP contribution in [-0.2, 0) is 16.0 Å². The van der Waals surface area contributed by atoms with Crippen molar-refractivity contribution in [2.24, 2.45) is 0 Å². The van der Waals surface area contributed by atoms with E-state index in [9.17, 15) is 0 Å². The third-order valence-electron chi connectivity index (χ3n) is 3.12. The first-order valence-corrected chi connectivity index (χ1v) is 7.13. The highest BCUT2D eigenvalue weighted by Crippen LogP contribution is 2.22. The van der Waals surface area contributed by atoms with E-state index < -0.39 is 0 Å². The number of fused-ring (bicyclic) bond motifs is 1. The third kappa shape index (κ3) is 3.99. The van der Waals surface area contributed by atoms with Crippen molar-refractivity contribution in [3.63, 3.8) is 0 Å². The second-order valence-corrected chi connectivity index (χ2v) is 4.68. The Balaban J connectivity index is 1.94. The van der Waals surface area contributed by atoms with Crippen LogP contribution in [0.5, 0.6) is 5.75 Å². The minimum absolute atomic E-state index is 0.643. The molecule has 1 heterocycles. The fourth-order valence-electron chi connectivity index (χ4n) is 2.09. The lowest BCUT2D eigenvalue weighted by molar-refractivity contribution is 0.0670. The maximum Gasteiger partial charge on any atom is 0.120 e. The van der Waals surface area contributed by atoms with Crippen molar-refractivity contribution < 1.29 is 14.2 Å². The molecule has 20 heavy (non-hydrogen) atoms. The van der Waals surface area contributed by atoms with Crippen LogP contribution in [0, 0.1) is 0 Å². The molecule has 0 radical (unpaired) electrons. The summed E-state index contributed by atoms with van der Waals surface area (Å²) < 4.78 is 18.3. The number of aromatic nitrogens is 1. The molecule has 0 amide bonds. The van der Waals surface area contributed by atoms with E-state index in [0.717, 1.165) is 25.3 Å². The highest BCUT2D eigenvalue weighted by atomic mass is 16.5. The first kappa shape index (κ1) is 14.9. The molecule has 0 aliphatic carbocycles. The third-order valence-corrected chi connectivity index (χ3v) is 3.12. The molecule has 0 N–H and O–H groups in total. The van der Waals surface area contributed by atoms with E-state index >= 15 is 0 Å². The Morgan fingerprint density at radius 1 is 1.05 bits per heavy atom. The summed E-state index contributed by atoms with van der Waals surface area (Å²) in [6.45, 7) is 5.71. The van der Waals surface area contributed by atoms with Gasteiger partial charge in [-0.15, -0.1) is 0 Å². The Kier molecular flexibility index (Phi) is 5.89. The van der Waals surface area contributed by atoms with Gasteiger partial charge in [-0.05, 0) is 30.7 Å². The SMILES string of the molecule is CCCOc1ccc2c(ccn2CCOCCOC)c1. The van der Waals surface area contributed by atoms with Crippen LogP contribution in [0.15, 0.2) is 30.5 Å². The fraction of sp³-hybridized carbons (Fsp3) is 0.500. The van der Waals surface area contributed by atoms with E-state index in [0.29, 0.717) is 19.8 Å². The molecule has 0 bridgehead atoms. The van der Waals surface area contributed by atoms with Gasteiger partial charge in [-0.1, -0.05) is 6.92 Å². The Morgan fingerprint density at radius 3 is 2.75 bits per heavy atom. The average molecular weight is 277 g/mol. The predicted molar refractivity (Wildman–Crippen MR) is 80.4 cm³/mol. The molecule has 4 nitrogen and oxygen atoms in total. The van der Waals surface area contributed by atoms with Gasteiger partial charge in [0.2, 0.25) is 0 Å². The van der Waals surface area contributed by atoms with E-state index in [4.69, 9.17) is 14.2 Å². The zero-order valence-electron chi connectivity index (χ0n) is 12.3. The molecule has 0 unspecified atom stereocenters. The van der Waals surface area contributed by atoms with Gasteiger partial charge in [-0.2, -0.15) is 0 Å². The lowest BCUT2D eigenvalue weighted by Gasteiger charge is -2.08. The molecule has 110 valence electrons. The van der Waals surface area contributed by atoms with Gasteiger partial charge < -0.3 is 18.8 Å². The van der Waals surface area contributed by atoms with Crippen LogP contribution >= 0.6 is 0 Å². The number of ether oxygens (including phenoxy) is 3. The summed E-state index contributed by atoms with van der Waals surface area (Å²) in [7, 11) is 1.68. The van der Waals surface area contributed by atoms with Crippen LogP contribution in [-0.4, -0.2) is 38.1 Å². The number of rotatable bonds is 9. The molecule has 0 spiro atoms. The Hall–Kier alpha value is -1.52. The highest BCUT2D eigenvalue weighted by Gasteiger charge is 2.03. The van der Waals surface area contributed by atoms with Crippen molar-refractivity contribution in [1.82, 2.24) is 4.57 Å². The zero-order chi connectivity index (χ0) is 14.2. The maximum absolute atomic E-state index is 5.65. The van der Waals surface area contributed by atoms with Gasteiger partial charge in [0, 0.05) is 30.8 Å². The second-order valence-electron chi connectivity index (χ2n) is 4.68. The van der Waals surface area contributed by atoms with Crippen LogP contribution in [0.3, 0.4) is 0 Å². The topological polar surface area (TPSA) is 32.6 Å². The first-order chi connectivity index (χ1) is 9.85. The monoisotopic (exact) mass is 277 g/mol. The summed E-state index contributed by atoms with van der Waals surface area (Å²) in [5.41, 5.74) is 1.21. The van der Waals surface area contributed by atoms with Crippen molar-refractivity contribution in [2.45, 2.75) is 19.9 Å². The Bertz CT molecular complexity index is 521. The van der Waals surface area contributed by atoms with Crippen LogP contribution in [0.2, 0.25) is 0 Å². The van der Waals surface area contributed by atoms with Crippen molar-refractivity contribution in [3.05, 3.63) is 30.5 Å². The van der Waals surface area contributed by atoms with E-state index in [1.54, 1.807) is 7.11 Å². The zero-order valence-corrected chi connectivity index (χ0v) is 12.3. The number of benzene rings is 1. The van der Waals surface area contributed by atoms with Gasteiger partial charge >= 0.3 is 0 Å². The molecule has 1 aromatic carbocycles. The summed E-state index contributed by atoms with van der Waals surface area (Å²) in [6.07, 6.45) is 3.12. The van der Waals surface area contributed by atoms with Gasteiger partial charge in [0.15, 0.2) is 0 Å². The second kappa shape index (κ2) is 7.92. The number of hydrogen-bond acceptors (Lipinski definition) is 3. The summed E-state index contributed by atoms with van der Waals surface area (Å²) in [5.74, 6) is 0.938. The molecule has 0 aliphatic rings. The molecule has 0 atom stereocenters. The largest absolute Gasteiger partial charge is 0.494 e. The lowest BCUT2D eigenvalue weighted by Crippen LogP contribution is -2.08. The Labute approximate surface area is 120 Å². The van der Waals surface area contributed by atoms with Crippen LogP contribution < -0.4 is 4.74 Å². The fourth-order valence-corrected chi connectivity index (χ4v) is 2.09. The van der Waals surface area contributed by atoms with Crippen LogP contribution in [0.25, 0.3) is 10.9 Å². The summed E-state index contributed by atoms with van der Waals surface area (Å²) >= 11 is 0. The van der Waals surface area contributed by atoms with Crippen molar-refractivity contribution in [3.8, 4) is 5.75 Å². The first-order valence-electron chi connectivity index (χ1n) is 7.13. The molecule has 1 aromatic heterocycles. The minimum Gasteiger partial charge on any atom is -0.494 e. The highest BCUT2D eigenvalue weighted by molar-refractivity contribution is 5.81. The van der Waals surface area contributed by atoms with Gasteiger partial charge in [0.25, 0.3) is 0 Å². The molecular weight excluding hydrogens is 254 g/mol. The molecule has 0 fully saturated rings. The average Bonchev–Trinajstić information content (AvgIpc) is 2.87. The van der Waals surface area contributed by atoms with Gasteiger partial charge in [0.1, 0.15) is 5.75 Å². The van der Waals surface area contributed by atoms with E-state index in [-0.39, 0.29) is 0 Å². The van der Waals surface area contributed by atoms with E-state index in [1.807, 2.05) is 6.07 Å². The van der Waals surface area contributed by atoms with Crippen LogP contribution in [0.4, 0.5) is 0 Å². The van der Waals surface area contributed by atoms with Gasteiger partial charge in [-0.25, -0.2) is 0 Å². The van der Waals surface area contributed by atoms with Crippen LogP contribution in [0.1, 0.15) is 13.3 Å². The smallest absolute Gasteiger partial charge is 0.120 e. The quantitative estimate of drug-likeness (QED) is 0.660. The molecule has 2 aromatic rings. The number of nitrogens with zero attached hydrogens (tertiary/aromatic N) is 1. The predicted octanol–water partition coefficient (Wildman–Crippen LogP) is 3.09. The lowest BCUT2D eigenvalue weighted by atomic mass is 10.2. The van der Waals surface area contributed by atoms with Gasteiger partial charge in [0.05, 0.1) is 26.4 Å². The molecule has 0 saturated heterocycles. The van der Waals surface area contributed by atoms with Crippen molar-refractivity contribution >= 4 is 10.9 Å². The number of hydrogen-bond donors (Lipinski definition) is 0. The Morgan fingerprint density at radius 2 is 1.95 bits per heavy atom. The standard InChI is InChI=1S/C16H23NO3/c1-3-9-20-15-4-5-16-14(13-15)6-7-17(16)8-10-19-12-11-18-2/h4-7,13H,3,8-12H2,1-2H3. The molecule has 0 aliphatic heterocycles. The summed E-state index contributed by atoms with van der Waals surface area (Å²) in [6, 6.07) is 8.34. The summed E-state index contributed by atoms with van der Waals surface area (Å²) in [5, 5.41) is 1.20. The van der Waals surface area contributed by atoms with E-state index in [1.165, 1.54) is 10.9 Å². The van der Waals surface area contributed by atoms with E-state index in [2.05, 4.69) is 35.9 Å². The summed E-state index contributed by atoms with van der Waals surface area (Å²) in [4.78, 5) is 0. The van der Waals surface area contributed by atoms with Crippen molar-refractivity contribution in [1.29, 1.82) is 0 Å². The molecular formula is C16H23NO3. The van der Waals surface area contributed by atoms with Gasteiger partial charge in [-0.3, -0.25) is 0 Å². The maximum atomic E-state index is 5.65. The van der Waals surface area contributed by atoms with Crippen molar-refractivity contribution in [2.75, 3.05) is 33.5 Å². The molecule has 0 saturated carbocycles.